The van der Waals surface area contributed by atoms with Gasteiger partial charge in [-0.3, -0.25) is 4.79 Å². The van der Waals surface area contributed by atoms with Crippen molar-refractivity contribution in [3.05, 3.63) is 63.7 Å². The lowest BCUT2D eigenvalue weighted by molar-refractivity contribution is -0.130. The molecular formula is C20H23NO4. The number of rotatable bonds is 5. The molecule has 1 saturated heterocycles. The molecule has 0 N–H and O–H groups in total. The first-order valence-electron chi connectivity index (χ1n) is 8.62. The largest absolute Gasteiger partial charge is 0.488 e. The van der Waals surface area contributed by atoms with Crippen LogP contribution in [0.4, 0.5) is 0 Å². The monoisotopic (exact) mass is 341 g/mol. The Morgan fingerprint density at radius 2 is 2.08 bits per heavy atom. The number of hydrogen-bond acceptors (Lipinski definition) is 4. The van der Waals surface area contributed by atoms with Gasteiger partial charge >= 0.3 is 5.63 Å². The van der Waals surface area contributed by atoms with E-state index in [9.17, 15) is 9.59 Å². The van der Waals surface area contributed by atoms with Crippen molar-refractivity contribution in [2.45, 2.75) is 39.2 Å². The molecule has 2 aromatic rings. The Morgan fingerprint density at radius 1 is 1.28 bits per heavy atom. The summed E-state index contributed by atoms with van der Waals surface area (Å²) in [5.74, 6) is 1.18. The Hall–Kier alpha value is -2.56. The minimum Gasteiger partial charge on any atom is -0.488 e. The highest BCUT2D eigenvalue weighted by atomic mass is 16.5. The molecule has 5 heteroatoms. The second-order valence-corrected chi connectivity index (χ2v) is 6.52. The van der Waals surface area contributed by atoms with Crippen LogP contribution in [-0.2, 0) is 11.2 Å². The van der Waals surface area contributed by atoms with E-state index in [2.05, 4.69) is 19.1 Å². The van der Waals surface area contributed by atoms with Crippen molar-refractivity contribution in [3.63, 3.8) is 0 Å². The van der Waals surface area contributed by atoms with E-state index in [0.29, 0.717) is 31.0 Å². The van der Waals surface area contributed by atoms with Gasteiger partial charge in [0.25, 0.3) is 0 Å². The van der Waals surface area contributed by atoms with Crippen molar-refractivity contribution < 1.29 is 13.9 Å². The molecular weight excluding hydrogens is 318 g/mol. The van der Waals surface area contributed by atoms with Crippen LogP contribution in [0.2, 0.25) is 0 Å². The summed E-state index contributed by atoms with van der Waals surface area (Å²) in [5.41, 5.74) is 2.02. The van der Waals surface area contributed by atoms with Crippen LogP contribution in [0.15, 0.2) is 45.6 Å². The van der Waals surface area contributed by atoms with Gasteiger partial charge in [-0.2, -0.15) is 0 Å². The highest BCUT2D eigenvalue weighted by Gasteiger charge is 2.27. The Kier molecular flexibility index (Phi) is 5.22. The molecule has 0 aliphatic carbocycles. The first kappa shape index (κ1) is 17.3. The van der Waals surface area contributed by atoms with E-state index in [1.165, 1.54) is 17.2 Å². The number of aryl methyl sites for hydroxylation is 3. The Labute approximate surface area is 147 Å². The van der Waals surface area contributed by atoms with E-state index in [0.717, 1.165) is 12.8 Å². The SMILES string of the molecule is Cc1cc(OC2CCN(C(=O)CCc3ccccc3C)C2)cc(=O)o1. The van der Waals surface area contributed by atoms with Crippen LogP contribution in [-0.4, -0.2) is 30.0 Å². The van der Waals surface area contributed by atoms with E-state index in [1.807, 2.05) is 17.0 Å². The van der Waals surface area contributed by atoms with Crippen LogP contribution in [0, 0.1) is 13.8 Å². The molecule has 25 heavy (non-hydrogen) atoms. The molecule has 0 saturated carbocycles. The smallest absolute Gasteiger partial charge is 0.339 e. The van der Waals surface area contributed by atoms with Crippen molar-refractivity contribution >= 4 is 5.91 Å². The molecule has 1 fully saturated rings. The van der Waals surface area contributed by atoms with Gasteiger partial charge in [0.05, 0.1) is 12.6 Å². The van der Waals surface area contributed by atoms with Gasteiger partial charge in [0.2, 0.25) is 5.91 Å². The van der Waals surface area contributed by atoms with E-state index in [-0.39, 0.29) is 12.0 Å². The standard InChI is InChI=1S/C20H23NO4/c1-14-5-3-4-6-16(14)7-8-19(22)21-10-9-17(13-21)25-18-11-15(2)24-20(23)12-18/h3-6,11-12,17H,7-10,13H2,1-2H3. The van der Waals surface area contributed by atoms with Crippen molar-refractivity contribution in [1.29, 1.82) is 0 Å². The quantitative estimate of drug-likeness (QED) is 0.839. The zero-order valence-corrected chi connectivity index (χ0v) is 14.7. The van der Waals surface area contributed by atoms with Crippen LogP contribution in [0.25, 0.3) is 0 Å². The van der Waals surface area contributed by atoms with Gasteiger partial charge in [-0.05, 0) is 31.4 Å². The summed E-state index contributed by atoms with van der Waals surface area (Å²) >= 11 is 0. The lowest BCUT2D eigenvalue weighted by Gasteiger charge is -2.17. The first-order valence-corrected chi connectivity index (χ1v) is 8.62. The molecule has 1 amide bonds. The molecule has 2 heterocycles. The number of ether oxygens (including phenoxy) is 1. The number of hydrogen-bond donors (Lipinski definition) is 0. The van der Waals surface area contributed by atoms with Crippen molar-refractivity contribution in [2.75, 3.05) is 13.1 Å². The second kappa shape index (κ2) is 7.55. The number of carbonyl (C=O) groups is 1. The Balaban J connectivity index is 1.52. The zero-order chi connectivity index (χ0) is 17.8. The minimum atomic E-state index is -0.417. The molecule has 3 rings (SSSR count). The predicted octanol–water partition coefficient (Wildman–Crippen LogP) is 2.87. The maximum Gasteiger partial charge on any atom is 0.339 e. The maximum atomic E-state index is 12.4. The van der Waals surface area contributed by atoms with Crippen LogP contribution in [0.5, 0.6) is 5.75 Å². The zero-order valence-electron chi connectivity index (χ0n) is 14.7. The van der Waals surface area contributed by atoms with E-state index < -0.39 is 5.63 Å². The predicted molar refractivity (Wildman–Crippen MR) is 94.8 cm³/mol. The van der Waals surface area contributed by atoms with Crippen molar-refractivity contribution in [2.24, 2.45) is 0 Å². The van der Waals surface area contributed by atoms with Gasteiger partial charge < -0.3 is 14.1 Å². The van der Waals surface area contributed by atoms with Gasteiger partial charge in [-0.15, -0.1) is 0 Å². The summed E-state index contributed by atoms with van der Waals surface area (Å²) in [7, 11) is 0. The van der Waals surface area contributed by atoms with Crippen LogP contribution >= 0.6 is 0 Å². The Bertz CT molecular complexity index is 811. The highest BCUT2D eigenvalue weighted by Crippen LogP contribution is 2.19. The van der Waals surface area contributed by atoms with Gasteiger partial charge in [-0.25, -0.2) is 4.79 Å². The second-order valence-electron chi connectivity index (χ2n) is 6.52. The normalized spacial score (nSPS) is 16.9. The van der Waals surface area contributed by atoms with Gasteiger partial charge in [0.1, 0.15) is 17.6 Å². The van der Waals surface area contributed by atoms with E-state index in [4.69, 9.17) is 9.15 Å². The minimum absolute atomic E-state index is 0.0800. The van der Waals surface area contributed by atoms with Crippen LogP contribution < -0.4 is 10.4 Å². The molecule has 0 spiro atoms. The first-order chi connectivity index (χ1) is 12.0. The Morgan fingerprint density at radius 3 is 2.84 bits per heavy atom. The molecule has 1 aromatic carbocycles. The molecule has 5 nitrogen and oxygen atoms in total. The van der Waals surface area contributed by atoms with Crippen LogP contribution in [0.1, 0.15) is 29.7 Å². The molecule has 1 unspecified atom stereocenters. The third-order valence-corrected chi connectivity index (χ3v) is 4.54. The van der Waals surface area contributed by atoms with Gasteiger partial charge in [-0.1, -0.05) is 24.3 Å². The number of amides is 1. The third-order valence-electron chi connectivity index (χ3n) is 4.54. The summed E-state index contributed by atoms with van der Waals surface area (Å²) in [5, 5.41) is 0. The van der Waals surface area contributed by atoms with Gasteiger partial charge in [0.15, 0.2) is 0 Å². The van der Waals surface area contributed by atoms with E-state index >= 15 is 0 Å². The summed E-state index contributed by atoms with van der Waals surface area (Å²) in [6.07, 6.45) is 1.96. The summed E-state index contributed by atoms with van der Waals surface area (Å²) in [6, 6.07) is 11.2. The summed E-state index contributed by atoms with van der Waals surface area (Å²) in [4.78, 5) is 25.7. The van der Waals surface area contributed by atoms with Gasteiger partial charge in [0, 0.05) is 25.5 Å². The third kappa shape index (κ3) is 4.50. The number of carbonyl (C=O) groups excluding carboxylic acids is 1. The molecule has 0 radical (unpaired) electrons. The van der Waals surface area contributed by atoms with Crippen LogP contribution in [0.3, 0.4) is 0 Å². The molecule has 0 bridgehead atoms. The number of likely N-dealkylation sites (tertiary alicyclic amines) is 1. The molecule has 1 aliphatic rings. The molecule has 1 aromatic heterocycles. The van der Waals surface area contributed by atoms with Crippen molar-refractivity contribution in [3.8, 4) is 5.75 Å². The fraction of sp³-hybridized carbons (Fsp3) is 0.400. The fourth-order valence-electron chi connectivity index (χ4n) is 3.18. The lowest BCUT2D eigenvalue weighted by Crippen LogP contribution is -2.31. The maximum absolute atomic E-state index is 12.4. The number of nitrogens with zero attached hydrogens (tertiary/aromatic N) is 1. The topological polar surface area (TPSA) is 59.8 Å². The lowest BCUT2D eigenvalue weighted by atomic mass is 10.0. The molecule has 1 atom stereocenters. The molecule has 132 valence electrons. The average molecular weight is 341 g/mol. The van der Waals surface area contributed by atoms with Crippen molar-refractivity contribution in [1.82, 2.24) is 4.90 Å². The summed E-state index contributed by atoms with van der Waals surface area (Å²) < 4.78 is 10.8. The molecule has 1 aliphatic heterocycles. The fourth-order valence-corrected chi connectivity index (χ4v) is 3.18. The highest BCUT2D eigenvalue weighted by molar-refractivity contribution is 5.76. The number of benzene rings is 1. The van der Waals surface area contributed by atoms with E-state index in [1.54, 1.807) is 13.0 Å². The average Bonchev–Trinajstić information content (AvgIpc) is 3.01. The summed E-state index contributed by atoms with van der Waals surface area (Å²) in [6.45, 7) is 5.03.